The van der Waals surface area contributed by atoms with Gasteiger partial charge in [0.1, 0.15) is 5.76 Å². The number of carbonyl (C=O) groups is 1. The van der Waals surface area contributed by atoms with Crippen LogP contribution in [0.25, 0.3) is 0 Å². The maximum Gasteiger partial charge on any atom is 0.417 e. The maximum atomic E-state index is 13.4. The van der Waals surface area contributed by atoms with Gasteiger partial charge >= 0.3 is 12.1 Å². The lowest BCUT2D eigenvalue weighted by molar-refractivity contribution is -0.137. The number of hydrogen-bond acceptors (Lipinski definition) is 3. The molecule has 0 heterocycles. The Bertz CT molecular complexity index is 1140. The third kappa shape index (κ3) is 8.79. The molecule has 0 amide bonds. The van der Waals surface area contributed by atoms with Gasteiger partial charge in [-0.15, -0.1) is 0 Å². The standard InChI is InChI=1S/C29H31ClF3NO3/c1-2-22(23-10-4-3-5-11-23)19-34(20-24-12-7-14-26(28(24)30)29(31,32)33)15-8-16-37-25-13-6-9-21(17-25)18-27(35)36/h3-7,10-14,17-18,22H,2,8-9,15-16,19-20H2,1H3,(H,35,36). The van der Waals surface area contributed by atoms with E-state index in [1.165, 1.54) is 11.6 Å². The molecule has 1 aliphatic carbocycles. The Morgan fingerprint density at radius 3 is 2.62 bits per heavy atom. The van der Waals surface area contributed by atoms with E-state index in [2.05, 4.69) is 24.0 Å². The van der Waals surface area contributed by atoms with Gasteiger partial charge < -0.3 is 9.84 Å². The van der Waals surface area contributed by atoms with Crippen LogP contribution in [0.5, 0.6) is 0 Å². The Balaban J connectivity index is 1.71. The molecular weight excluding hydrogens is 503 g/mol. The molecule has 1 atom stereocenters. The number of carboxylic acids is 1. The first-order valence-electron chi connectivity index (χ1n) is 12.2. The van der Waals surface area contributed by atoms with E-state index in [9.17, 15) is 18.0 Å². The van der Waals surface area contributed by atoms with Gasteiger partial charge in [-0.3, -0.25) is 4.90 Å². The third-order valence-corrected chi connectivity index (χ3v) is 6.63. The Morgan fingerprint density at radius 1 is 1.19 bits per heavy atom. The largest absolute Gasteiger partial charge is 0.494 e. The average Bonchev–Trinajstić information content (AvgIpc) is 2.85. The van der Waals surface area contributed by atoms with Crippen molar-refractivity contribution < 1.29 is 27.8 Å². The summed E-state index contributed by atoms with van der Waals surface area (Å²) in [6, 6.07) is 14.1. The van der Waals surface area contributed by atoms with Crippen LogP contribution in [-0.4, -0.2) is 35.7 Å². The number of halogens is 4. The summed E-state index contributed by atoms with van der Waals surface area (Å²) in [5, 5.41) is 8.69. The normalized spacial score (nSPS) is 15.6. The molecule has 1 aliphatic rings. The first-order valence-corrected chi connectivity index (χ1v) is 12.6. The van der Waals surface area contributed by atoms with Crippen LogP contribution < -0.4 is 0 Å². The van der Waals surface area contributed by atoms with Crippen LogP contribution in [0.2, 0.25) is 5.02 Å². The average molecular weight is 534 g/mol. The molecule has 0 aliphatic heterocycles. The highest BCUT2D eigenvalue weighted by Gasteiger charge is 2.34. The second-order valence-corrected chi connectivity index (χ2v) is 9.32. The fourth-order valence-electron chi connectivity index (χ4n) is 4.33. The topological polar surface area (TPSA) is 49.8 Å². The van der Waals surface area contributed by atoms with Gasteiger partial charge in [0.25, 0.3) is 0 Å². The molecule has 3 rings (SSSR count). The summed E-state index contributed by atoms with van der Waals surface area (Å²) < 4.78 is 46.1. The number of alkyl halides is 3. The number of allylic oxidation sites excluding steroid dienone is 4. The predicted octanol–water partition coefficient (Wildman–Crippen LogP) is 7.62. The highest BCUT2D eigenvalue weighted by molar-refractivity contribution is 6.32. The minimum absolute atomic E-state index is 0.208. The zero-order chi connectivity index (χ0) is 26.8. The van der Waals surface area contributed by atoms with Crippen molar-refractivity contribution in [2.24, 2.45) is 0 Å². The molecule has 4 nitrogen and oxygen atoms in total. The summed E-state index contributed by atoms with van der Waals surface area (Å²) >= 11 is 6.20. The van der Waals surface area contributed by atoms with Gasteiger partial charge in [0.15, 0.2) is 0 Å². The second kappa shape index (κ2) is 13.5. The Morgan fingerprint density at radius 2 is 1.95 bits per heavy atom. The molecule has 198 valence electrons. The zero-order valence-corrected chi connectivity index (χ0v) is 21.4. The van der Waals surface area contributed by atoms with E-state index < -0.39 is 17.7 Å². The number of ether oxygens (including phenoxy) is 1. The molecule has 2 aromatic carbocycles. The highest BCUT2D eigenvalue weighted by atomic mass is 35.5. The third-order valence-electron chi connectivity index (χ3n) is 6.18. The number of rotatable bonds is 12. The van der Waals surface area contributed by atoms with Crippen LogP contribution in [0.15, 0.2) is 84.2 Å². The molecule has 37 heavy (non-hydrogen) atoms. The maximum absolute atomic E-state index is 13.4. The summed E-state index contributed by atoms with van der Waals surface area (Å²) in [6.07, 6.45) is 4.03. The van der Waals surface area contributed by atoms with E-state index in [1.807, 2.05) is 30.4 Å². The van der Waals surface area contributed by atoms with Crippen molar-refractivity contribution in [2.75, 3.05) is 19.7 Å². The van der Waals surface area contributed by atoms with Crippen molar-refractivity contribution in [2.45, 2.75) is 44.8 Å². The van der Waals surface area contributed by atoms with Crippen molar-refractivity contribution in [3.05, 3.63) is 106 Å². The first-order chi connectivity index (χ1) is 17.7. The van der Waals surface area contributed by atoms with Crippen LogP contribution in [0.3, 0.4) is 0 Å². The lowest BCUT2D eigenvalue weighted by Gasteiger charge is -2.28. The first kappa shape index (κ1) is 28.5. The summed E-state index contributed by atoms with van der Waals surface area (Å²) in [7, 11) is 0. The van der Waals surface area contributed by atoms with Crippen LogP contribution in [0, 0.1) is 0 Å². The number of carboxylic acid groups (broad SMARTS) is 1. The van der Waals surface area contributed by atoms with E-state index in [4.69, 9.17) is 21.4 Å². The van der Waals surface area contributed by atoms with Gasteiger partial charge in [0.2, 0.25) is 0 Å². The fourth-order valence-corrected chi connectivity index (χ4v) is 4.62. The van der Waals surface area contributed by atoms with Gasteiger partial charge in [-0.25, -0.2) is 4.79 Å². The second-order valence-electron chi connectivity index (χ2n) is 8.94. The Hall–Kier alpha value is -3.03. The Labute approximate surface area is 220 Å². The number of aliphatic carboxylic acids is 1. The summed E-state index contributed by atoms with van der Waals surface area (Å²) in [5.74, 6) is -0.213. The van der Waals surface area contributed by atoms with Crippen LogP contribution in [-0.2, 0) is 22.3 Å². The summed E-state index contributed by atoms with van der Waals surface area (Å²) in [5.41, 5.74) is 1.43. The molecular formula is C29H31ClF3NO3. The van der Waals surface area contributed by atoms with E-state index in [1.54, 1.807) is 12.1 Å². The Kier molecular flexibility index (Phi) is 10.4. The van der Waals surface area contributed by atoms with E-state index in [0.717, 1.165) is 18.6 Å². The molecule has 0 fully saturated rings. The highest BCUT2D eigenvalue weighted by Crippen LogP contribution is 2.36. The van der Waals surface area contributed by atoms with Crippen molar-refractivity contribution in [1.29, 1.82) is 0 Å². The van der Waals surface area contributed by atoms with Gasteiger partial charge in [-0.1, -0.05) is 67.1 Å². The number of benzene rings is 2. The summed E-state index contributed by atoms with van der Waals surface area (Å²) in [6.45, 7) is 4.00. The van der Waals surface area contributed by atoms with Gasteiger partial charge in [-0.2, -0.15) is 13.2 Å². The molecule has 2 aromatic rings. The van der Waals surface area contributed by atoms with E-state index >= 15 is 0 Å². The molecule has 0 spiro atoms. The molecule has 0 saturated heterocycles. The minimum Gasteiger partial charge on any atom is -0.494 e. The van der Waals surface area contributed by atoms with Gasteiger partial charge in [-0.05, 0) is 60.1 Å². The quantitative estimate of drug-likeness (QED) is 0.225. The van der Waals surface area contributed by atoms with Gasteiger partial charge in [0, 0.05) is 25.7 Å². The number of hydrogen-bond donors (Lipinski definition) is 1. The predicted molar refractivity (Wildman–Crippen MR) is 139 cm³/mol. The van der Waals surface area contributed by atoms with E-state index in [-0.39, 0.29) is 17.5 Å². The molecule has 0 bridgehead atoms. The molecule has 0 aromatic heterocycles. The van der Waals surface area contributed by atoms with Crippen LogP contribution in [0.1, 0.15) is 48.8 Å². The van der Waals surface area contributed by atoms with Crippen molar-refractivity contribution in [3.63, 3.8) is 0 Å². The smallest absolute Gasteiger partial charge is 0.417 e. The van der Waals surface area contributed by atoms with Crippen LogP contribution in [0.4, 0.5) is 13.2 Å². The van der Waals surface area contributed by atoms with Crippen molar-refractivity contribution in [3.8, 4) is 0 Å². The van der Waals surface area contributed by atoms with Crippen LogP contribution >= 0.6 is 11.6 Å². The zero-order valence-electron chi connectivity index (χ0n) is 20.7. The summed E-state index contributed by atoms with van der Waals surface area (Å²) in [4.78, 5) is 13.0. The fraction of sp³-hybridized carbons (Fsp3) is 0.345. The number of nitrogens with zero attached hydrogens (tertiary/aromatic N) is 1. The molecule has 1 unspecified atom stereocenters. The molecule has 1 N–H and O–H groups in total. The van der Waals surface area contributed by atoms with E-state index in [0.29, 0.717) is 49.4 Å². The monoisotopic (exact) mass is 533 g/mol. The van der Waals surface area contributed by atoms with Crippen molar-refractivity contribution >= 4 is 17.6 Å². The van der Waals surface area contributed by atoms with Crippen molar-refractivity contribution in [1.82, 2.24) is 4.90 Å². The van der Waals surface area contributed by atoms with Gasteiger partial charge in [0.05, 0.1) is 17.2 Å². The molecule has 8 heteroatoms. The lowest BCUT2D eigenvalue weighted by Crippen LogP contribution is -2.30. The molecule has 0 radical (unpaired) electrons. The SMILES string of the molecule is CCC(CN(CCCOC1=CC(=CC(=O)O)CC=C1)Cc1cccc(C(F)(F)F)c1Cl)c1ccccc1. The lowest BCUT2D eigenvalue weighted by atomic mass is 9.95. The minimum atomic E-state index is -4.52. The molecule has 0 saturated carbocycles.